The first-order chi connectivity index (χ1) is 9.06. The topological polar surface area (TPSA) is 38.0 Å². The van der Waals surface area contributed by atoms with E-state index in [1.165, 1.54) is 22.3 Å². The summed E-state index contributed by atoms with van der Waals surface area (Å²) in [6.07, 6.45) is 0. The molecular formula is C17H24N2. The minimum Gasteiger partial charge on any atom is -0.399 e. The zero-order valence-corrected chi connectivity index (χ0v) is 12.3. The zero-order valence-electron chi connectivity index (χ0n) is 12.3. The third kappa shape index (κ3) is 4.76. The van der Waals surface area contributed by atoms with Gasteiger partial charge in [-0.15, -0.1) is 0 Å². The number of benzene rings is 2. The Kier molecular flexibility index (Phi) is 6.10. The van der Waals surface area contributed by atoms with E-state index in [0.717, 1.165) is 12.2 Å². The molecule has 0 atom stereocenters. The van der Waals surface area contributed by atoms with Gasteiger partial charge in [0.15, 0.2) is 0 Å². The summed E-state index contributed by atoms with van der Waals surface area (Å²) >= 11 is 0. The molecular weight excluding hydrogens is 232 g/mol. The van der Waals surface area contributed by atoms with Crippen LogP contribution >= 0.6 is 0 Å². The summed E-state index contributed by atoms with van der Waals surface area (Å²) in [7, 11) is 1.95. The standard InChI is InChI=1S/C9H13N.C8H11N/c1-6-4-5-9(10)8(3)7(6)2;1-9-7-8-5-3-2-4-6-8/h4-5H,10H2,1-3H3;2-6,9H,7H2,1H3. The van der Waals surface area contributed by atoms with Gasteiger partial charge in [-0.2, -0.15) is 0 Å². The van der Waals surface area contributed by atoms with Crippen LogP contribution in [0, 0.1) is 20.8 Å². The van der Waals surface area contributed by atoms with Gasteiger partial charge in [0.1, 0.15) is 0 Å². The van der Waals surface area contributed by atoms with Crippen LogP contribution in [0.1, 0.15) is 22.3 Å². The first-order valence-electron chi connectivity index (χ1n) is 6.57. The summed E-state index contributed by atoms with van der Waals surface area (Å²) < 4.78 is 0. The second-order valence-electron chi connectivity index (χ2n) is 4.74. The molecule has 0 fully saturated rings. The van der Waals surface area contributed by atoms with Crippen molar-refractivity contribution in [2.45, 2.75) is 27.3 Å². The lowest BCUT2D eigenvalue weighted by molar-refractivity contribution is 0.818. The van der Waals surface area contributed by atoms with Crippen LogP contribution in [0.5, 0.6) is 0 Å². The molecule has 0 bridgehead atoms. The molecule has 0 aliphatic carbocycles. The number of aryl methyl sites for hydroxylation is 1. The molecule has 0 aliphatic rings. The molecule has 2 aromatic carbocycles. The highest BCUT2D eigenvalue weighted by molar-refractivity contribution is 5.52. The first kappa shape index (κ1) is 15.3. The Hall–Kier alpha value is -1.80. The van der Waals surface area contributed by atoms with E-state index in [0.29, 0.717) is 0 Å². The van der Waals surface area contributed by atoms with Crippen LogP contribution in [-0.4, -0.2) is 7.05 Å². The fraction of sp³-hybridized carbons (Fsp3) is 0.294. The summed E-state index contributed by atoms with van der Waals surface area (Å²) in [6.45, 7) is 7.21. The average molecular weight is 256 g/mol. The molecule has 19 heavy (non-hydrogen) atoms. The summed E-state index contributed by atoms with van der Waals surface area (Å²) in [4.78, 5) is 0. The fourth-order valence-electron chi connectivity index (χ4n) is 1.78. The predicted molar refractivity (Wildman–Crippen MR) is 84.3 cm³/mol. The van der Waals surface area contributed by atoms with Crippen LogP contribution in [0.15, 0.2) is 42.5 Å². The molecule has 0 unspecified atom stereocenters. The van der Waals surface area contributed by atoms with Crippen molar-refractivity contribution < 1.29 is 0 Å². The molecule has 2 nitrogen and oxygen atoms in total. The van der Waals surface area contributed by atoms with Crippen LogP contribution < -0.4 is 11.1 Å². The maximum Gasteiger partial charge on any atom is 0.0346 e. The number of hydrogen-bond donors (Lipinski definition) is 2. The van der Waals surface area contributed by atoms with Crippen molar-refractivity contribution in [3.63, 3.8) is 0 Å². The Morgan fingerprint density at radius 2 is 1.53 bits per heavy atom. The van der Waals surface area contributed by atoms with E-state index >= 15 is 0 Å². The zero-order chi connectivity index (χ0) is 14.3. The molecule has 3 N–H and O–H groups in total. The molecule has 2 rings (SSSR count). The van der Waals surface area contributed by atoms with Crippen molar-refractivity contribution in [3.8, 4) is 0 Å². The van der Waals surface area contributed by atoms with E-state index in [-0.39, 0.29) is 0 Å². The van der Waals surface area contributed by atoms with Crippen LogP contribution in [0.3, 0.4) is 0 Å². The number of nitrogens with one attached hydrogen (secondary N) is 1. The van der Waals surface area contributed by atoms with Gasteiger partial charge >= 0.3 is 0 Å². The molecule has 0 amide bonds. The number of anilines is 1. The van der Waals surface area contributed by atoms with Crippen molar-refractivity contribution in [1.82, 2.24) is 5.32 Å². The van der Waals surface area contributed by atoms with E-state index < -0.39 is 0 Å². The third-order valence-corrected chi connectivity index (χ3v) is 3.32. The Morgan fingerprint density at radius 1 is 0.895 bits per heavy atom. The monoisotopic (exact) mass is 256 g/mol. The molecule has 102 valence electrons. The Labute approximate surface area is 116 Å². The number of nitrogens with two attached hydrogens (primary N) is 1. The van der Waals surface area contributed by atoms with Gasteiger partial charge in [0, 0.05) is 12.2 Å². The van der Waals surface area contributed by atoms with Gasteiger partial charge in [-0.3, -0.25) is 0 Å². The molecule has 0 saturated heterocycles. The van der Waals surface area contributed by atoms with Crippen molar-refractivity contribution in [2.24, 2.45) is 0 Å². The van der Waals surface area contributed by atoms with Gasteiger partial charge in [-0.1, -0.05) is 36.4 Å². The Balaban J connectivity index is 0.000000191. The minimum atomic E-state index is 0.892. The predicted octanol–water partition coefficient (Wildman–Crippen LogP) is 3.60. The summed E-state index contributed by atoms with van der Waals surface area (Å²) in [6, 6.07) is 14.3. The molecule has 2 aromatic rings. The fourth-order valence-corrected chi connectivity index (χ4v) is 1.78. The van der Waals surface area contributed by atoms with E-state index in [4.69, 9.17) is 5.73 Å². The first-order valence-corrected chi connectivity index (χ1v) is 6.57. The summed E-state index contributed by atoms with van der Waals surface area (Å²) in [5.74, 6) is 0. The van der Waals surface area contributed by atoms with Crippen molar-refractivity contribution in [3.05, 3.63) is 64.7 Å². The van der Waals surface area contributed by atoms with E-state index in [9.17, 15) is 0 Å². The maximum absolute atomic E-state index is 5.69. The molecule has 0 aromatic heterocycles. The summed E-state index contributed by atoms with van der Waals surface area (Å²) in [5, 5.41) is 3.08. The average Bonchev–Trinajstić information content (AvgIpc) is 2.43. The molecule has 0 heterocycles. The van der Waals surface area contributed by atoms with Crippen LogP contribution in [0.4, 0.5) is 5.69 Å². The molecule has 0 saturated carbocycles. The summed E-state index contributed by atoms with van der Waals surface area (Å²) in [5.41, 5.74) is 11.7. The second-order valence-corrected chi connectivity index (χ2v) is 4.74. The Morgan fingerprint density at radius 3 is 2.05 bits per heavy atom. The smallest absolute Gasteiger partial charge is 0.0346 e. The lowest BCUT2D eigenvalue weighted by Crippen LogP contribution is -2.04. The van der Waals surface area contributed by atoms with Crippen molar-refractivity contribution in [2.75, 3.05) is 12.8 Å². The SMILES string of the molecule is CNCc1ccccc1.Cc1ccc(N)c(C)c1C. The van der Waals surface area contributed by atoms with Crippen molar-refractivity contribution >= 4 is 5.69 Å². The van der Waals surface area contributed by atoms with Gasteiger partial charge in [-0.05, 0) is 56.1 Å². The third-order valence-electron chi connectivity index (χ3n) is 3.32. The lowest BCUT2D eigenvalue weighted by Gasteiger charge is -2.05. The minimum absolute atomic E-state index is 0.892. The van der Waals surface area contributed by atoms with Crippen molar-refractivity contribution in [1.29, 1.82) is 0 Å². The molecule has 2 heteroatoms. The quantitative estimate of drug-likeness (QED) is 0.806. The van der Waals surface area contributed by atoms with Crippen LogP contribution in [-0.2, 0) is 6.54 Å². The normalized spacial score (nSPS) is 9.68. The van der Waals surface area contributed by atoms with Gasteiger partial charge in [0.05, 0.1) is 0 Å². The van der Waals surface area contributed by atoms with Gasteiger partial charge in [0.2, 0.25) is 0 Å². The highest BCUT2D eigenvalue weighted by atomic mass is 14.8. The highest BCUT2D eigenvalue weighted by Gasteiger charge is 1.98. The number of nitrogen functional groups attached to an aromatic ring is 1. The van der Waals surface area contributed by atoms with Gasteiger partial charge in [0.25, 0.3) is 0 Å². The van der Waals surface area contributed by atoms with E-state index in [2.05, 4.69) is 44.3 Å². The Bertz CT molecular complexity index is 477. The van der Waals surface area contributed by atoms with Gasteiger partial charge in [-0.25, -0.2) is 0 Å². The lowest BCUT2D eigenvalue weighted by atomic mass is 10.0. The largest absolute Gasteiger partial charge is 0.399 e. The van der Waals surface area contributed by atoms with Crippen LogP contribution in [0.2, 0.25) is 0 Å². The maximum atomic E-state index is 5.69. The highest BCUT2D eigenvalue weighted by Crippen LogP contribution is 2.17. The van der Waals surface area contributed by atoms with Gasteiger partial charge < -0.3 is 11.1 Å². The molecule has 0 spiro atoms. The number of hydrogen-bond acceptors (Lipinski definition) is 2. The van der Waals surface area contributed by atoms with Crippen LogP contribution in [0.25, 0.3) is 0 Å². The van der Waals surface area contributed by atoms with E-state index in [1.54, 1.807) is 0 Å². The molecule has 0 radical (unpaired) electrons. The van der Waals surface area contributed by atoms with E-state index in [1.807, 2.05) is 31.3 Å². The number of rotatable bonds is 2. The molecule has 0 aliphatic heterocycles. The second kappa shape index (κ2) is 7.59.